The van der Waals surface area contributed by atoms with Crippen LogP contribution in [0.2, 0.25) is 0 Å². The summed E-state index contributed by atoms with van der Waals surface area (Å²) >= 11 is 0. The maximum absolute atomic E-state index is 3.64. The molecule has 2 aliphatic rings. The van der Waals surface area contributed by atoms with Crippen LogP contribution in [0.3, 0.4) is 0 Å². The van der Waals surface area contributed by atoms with E-state index in [1.165, 1.54) is 56.3 Å². The molecule has 1 unspecified atom stereocenters. The Balaban J connectivity index is 1.57. The van der Waals surface area contributed by atoms with Gasteiger partial charge in [0.15, 0.2) is 0 Å². The quantitative estimate of drug-likeness (QED) is 0.824. The minimum Gasteiger partial charge on any atom is -0.313 e. The monoisotopic (exact) mass is 286 g/mol. The highest BCUT2D eigenvalue weighted by Crippen LogP contribution is 2.29. The van der Waals surface area contributed by atoms with Gasteiger partial charge in [0.25, 0.3) is 0 Å². The third-order valence-corrected chi connectivity index (χ3v) is 4.73. The average molecular weight is 286 g/mol. The lowest BCUT2D eigenvalue weighted by molar-refractivity contribution is 0.231. The molecule has 3 rings (SSSR count). The molecule has 2 nitrogen and oxygen atoms in total. The fraction of sp³-hybridized carbons (Fsp3) is 0.684. The van der Waals surface area contributed by atoms with Gasteiger partial charge in [0.1, 0.15) is 0 Å². The second kappa shape index (κ2) is 6.93. The summed E-state index contributed by atoms with van der Waals surface area (Å²) in [4.78, 5) is 2.71. The molecule has 1 atom stereocenters. The Bertz CT molecular complexity index is 427. The second-order valence-electron chi connectivity index (χ2n) is 7.37. The number of rotatable bonds is 7. The molecule has 0 radical (unpaired) electrons. The van der Waals surface area contributed by atoms with Gasteiger partial charge in [-0.1, -0.05) is 38.1 Å². The van der Waals surface area contributed by atoms with Crippen molar-refractivity contribution in [1.29, 1.82) is 0 Å². The van der Waals surface area contributed by atoms with Gasteiger partial charge in [-0.3, -0.25) is 4.90 Å². The van der Waals surface area contributed by atoms with Gasteiger partial charge < -0.3 is 5.32 Å². The van der Waals surface area contributed by atoms with Crippen LogP contribution in [0.15, 0.2) is 24.3 Å². The van der Waals surface area contributed by atoms with Gasteiger partial charge in [-0.2, -0.15) is 0 Å². The van der Waals surface area contributed by atoms with Gasteiger partial charge in [-0.15, -0.1) is 0 Å². The highest BCUT2D eigenvalue weighted by molar-refractivity contribution is 5.23. The second-order valence-corrected chi connectivity index (χ2v) is 7.37. The van der Waals surface area contributed by atoms with Crippen molar-refractivity contribution >= 4 is 0 Å². The summed E-state index contributed by atoms with van der Waals surface area (Å²) < 4.78 is 0. The smallest absolute Gasteiger partial charge is 0.0237 e. The van der Waals surface area contributed by atoms with Crippen molar-refractivity contribution in [2.45, 2.75) is 64.6 Å². The Morgan fingerprint density at radius 1 is 1.10 bits per heavy atom. The van der Waals surface area contributed by atoms with E-state index < -0.39 is 0 Å². The van der Waals surface area contributed by atoms with Crippen molar-refractivity contribution in [3.8, 4) is 0 Å². The van der Waals surface area contributed by atoms with Crippen molar-refractivity contribution in [2.24, 2.45) is 5.92 Å². The van der Waals surface area contributed by atoms with E-state index in [4.69, 9.17) is 0 Å². The summed E-state index contributed by atoms with van der Waals surface area (Å²) in [6, 6.07) is 10.9. The molecule has 1 saturated heterocycles. The van der Waals surface area contributed by atoms with E-state index in [0.29, 0.717) is 0 Å². The first-order chi connectivity index (χ1) is 10.2. The third-order valence-electron chi connectivity index (χ3n) is 4.73. The summed E-state index contributed by atoms with van der Waals surface area (Å²) in [5.74, 6) is 0.743. The van der Waals surface area contributed by atoms with E-state index in [9.17, 15) is 0 Å². The van der Waals surface area contributed by atoms with Crippen molar-refractivity contribution in [1.82, 2.24) is 10.2 Å². The van der Waals surface area contributed by atoms with Crippen LogP contribution < -0.4 is 5.32 Å². The minimum atomic E-state index is 0.728. The van der Waals surface area contributed by atoms with Crippen molar-refractivity contribution in [3.63, 3.8) is 0 Å². The van der Waals surface area contributed by atoms with Crippen LogP contribution in [-0.4, -0.2) is 30.1 Å². The molecule has 0 spiro atoms. The van der Waals surface area contributed by atoms with Crippen molar-refractivity contribution < 1.29 is 0 Å². The Morgan fingerprint density at radius 3 is 2.38 bits per heavy atom. The molecule has 1 aromatic rings. The fourth-order valence-electron chi connectivity index (χ4n) is 3.46. The molecule has 21 heavy (non-hydrogen) atoms. The fourth-order valence-corrected chi connectivity index (χ4v) is 3.46. The Labute approximate surface area is 129 Å². The van der Waals surface area contributed by atoms with Crippen LogP contribution in [0, 0.1) is 5.92 Å². The molecule has 2 fully saturated rings. The molecule has 0 aromatic heterocycles. The van der Waals surface area contributed by atoms with Crippen LogP contribution in [0.25, 0.3) is 0 Å². The zero-order chi connectivity index (χ0) is 14.7. The summed E-state index contributed by atoms with van der Waals surface area (Å²) in [7, 11) is 0. The molecule has 1 aromatic carbocycles. The van der Waals surface area contributed by atoms with E-state index in [2.05, 4.69) is 48.3 Å². The summed E-state index contributed by atoms with van der Waals surface area (Å²) in [5.41, 5.74) is 2.96. The molecule has 1 N–H and O–H groups in total. The van der Waals surface area contributed by atoms with E-state index in [-0.39, 0.29) is 0 Å². The number of hydrogen-bond acceptors (Lipinski definition) is 2. The standard InChI is InChI=1S/C19H30N2/c1-15(2)12-16-5-7-17(8-6-16)13-21(19-9-10-19)14-18-4-3-11-20-18/h5-8,15,18-20H,3-4,9-14H2,1-2H3. The molecule has 0 amide bonds. The lowest BCUT2D eigenvalue weighted by Gasteiger charge is -2.25. The molecule has 1 heterocycles. The van der Waals surface area contributed by atoms with Crippen LogP contribution in [0.5, 0.6) is 0 Å². The topological polar surface area (TPSA) is 15.3 Å². The van der Waals surface area contributed by atoms with Gasteiger partial charge in [-0.25, -0.2) is 0 Å². The molecule has 1 saturated carbocycles. The third kappa shape index (κ3) is 4.55. The number of nitrogens with one attached hydrogen (secondary N) is 1. The zero-order valence-electron chi connectivity index (χ0n) is 13.6. The molecular weight excluding hydrogens is 256 g/mol. The van der Waals surface area contributed by atoms with E-state index >= 15 is 0 Å². The molecule has 1 aliphatic carbocycles. The average Bonchev–Trinajstić information content (AvgIpc) is 3.18. The van der Waals surface area contributed by atoms with Crippen LogP contribution in [0.4, 0.5) is 0 Å². The van der Waals surface area contributed by atoms with Gasteiger partial charge in [0.2, 0.25) is 0 Å². The zero-order valence-corrected chi connectivity index (χ0v) is 13.6. The maximum Gasteiger partial charge on any atom is 0.0237 e. The van der Waals surface area contributed by atoms with E-state index in [1.54, 1.807) is 0 Å². The van der Waals surface area contributed by atoms with E-state index in [0.717, 1.165) is 24.5 Å². The van der Waals surface area contributed by atoms with Crippen LogP contribution >= 0.6 is 0 Å². The van der Waals surface area contributed by atoms with Crippen LogP contribution in [0.1, 0.15) is 50.7 Å². The number of hydrogen-bond donors (Lipinski definition) is 1. The van der Waals surface area contributed by atoms with Crippen molar-refractivity contribution in [2.75, 3.05) is 13.1 Å². The van der Waals surface area contributed by atoms with Crippen LogP contribution in [-0.2, 0) is 13.0 Å². The number of nitrogens with zero attached hydrogens (tertiary/aromatic N) is 1. The van der Waals surface area contributed by atoms with Gasteiger partial charge >= 0.3 is 0 Å². The summed E-state index contributed by atoms with van der Waals surface area (Å²) in [6.07, 6.45) is 6.71. The first-order valence-corrected chi connectivity index (χ1v) is 8.76. The molecule has 2 heteroatoms. The number of benzene rings is 1. The normalized spacial score (nSPS) is 22.4. The Morgan fingerprint density at radius 2 is 1.81 bits per heavy atom. The molecular formula is C19H30N2. The molecule has 116 valence electrons. The summed E-state index contributed by atoms with van der Waals surface area (Å²) in [5, 5.41) is 3.64. The Hall–Kier alpha value is -0.860. The highest BCUT2D eigenvalue weighted by atomic mass is 15.2. The first kappa shape index (κ1) is 15.1. The van der Waals surface area contributed by atoms with Gasteiger partial charge in [0, 0.05) is 25.2 Å². The first-order valence-electron chi connectivity index (χ1n) is 8.76. The predicted molar refractivity (Wildman–Crippen MR) is 89.4 cm³/mol. The lowest BCUT2D eigenvalue weighted by atomic mass is 10.0. The SMILES string of the molecule is CC(C)Cc1ccc(CN(CC2CCCN2)C2CC2)cc1. The highest BCUT2D eigenvalue weighted by Gasteiger charge is 2.31. The van der Waals surface area contributed by atoms with Crippen molar-refractivity contribution in [3.05, 3.63) is 35.4 Å². The summed E-state index contributed by atoms with van der Waals surface area (Å²) in [6.45, 7) is 8.16. The molecule has 1 aliphatic heterocycles. The van der Waals surface area contributed by atoms with Gasteiger partial charge in [-0.05, 0) is 55.7 Å². The lowest BCUT2D eigenvalue weighted by Crippen LogP contribution is -2.38. The minimum absolute atomic E-state index is 0.728. The predicted octanol–water partition coefficient (Wildman–Crippen LogP) is 3.60. The van der Waals surface area contributed by atoms with E-state index in [1.807, 2.05) is 0 Å². The maximum atomic E-state index is 3.64. The largest absolute Gasteiger partial charge is 0.313 e. The Kier molecular flexibility index (Phi) is 4.97. The molecule has 0 bridgehead atoms. The van der Waals surface area contributed by atoms with Gasteiger partial charge in [0.05, 0.1) is 0 Å².